The van der Waals surface area contributed by atoms with E-state index in [2.05, 4.69) is 93.8 Å². The molecule has 6 rings (SSSR count). The number of hydrogen-bond acceptors (Lipinski definition) is 8. The summed E-state index contributed by atoms with van der Waals surface area (Å²) >= 11 is 10.1. The van der Waals surface area contributed by atoms with Gasteiger partial charge in [0, 0.05) is 50.2 Å². The molecule has 10 nitrogen and oxygen atoms in total. The van der Waals surface area contributed by atoms with E-state index >= 15 is 0 Å². The van der Waals surface area contributed by atoms with Gasteiger partial charge in [-0.3, -0.25) is 9.97 Å². The zero-order chi connectivity index (χ0) is 27.3. The van der Waals surface area contributed by atoms with Gasteiger partial charge in [0.2, 0.25) is 11.6 Å². The van der Waals surface area contributed by atoms with Crippen LogP contribution in [0, 0.1) is 0 Å². The number of halogens is 3. The van der Waals surface area contributed by atoms with Gasteiger partial charge in [0.1, 0.15) is 0 Å². The number of pyridine rings is 2. The Hall–Kier alpha value is -3.68. The highest BCUT2D eigenvalue weighted by molar-refractivity contribution is 9.10. The molecular formula is C26H21Br3N10. The van der Waals surface area contributed by atoms with Crippen LogP contribution < -0.4 is 0 Å². The zero-order valence-corrected chi connectivity index (χ0v) is 25.1. The molecule has 0 aliphatic carbocycles. The number of aromatic nitrogens is 10. The van der Waals surface area contributed by atoms with Gasteiger partial charge < -0.3 is 0 Å². The number of tetrazole rings is 2. The maximum absolute atomic E-state index is 4.36. The van der Waals surface area contributed by atoms with Crippen LogP contribution >= 0.6 is 47.8 Å². The topological polar surface area (TPSA) is 124 Å². The molecule has 4 heterocycles. The molecule has 0 atom stereocenters. The van der Waals surface area contributed by atoms with Crippen molar-refractivity contribution >= 4 is 47.8 Å². The second-order valence-electron chi connectivity index (χ2n) is 7.75. The quantitative estimate of drug-likeness (QED) is 0.211. The number of benzene rings is 2. The molecule has 0 amide bonds. The van der Waals surface area contributed by atoms with Crippen LogP contribution in [0.4, 0.5) is 0 Å². The molecule has 0 saturated heterocycles. The van der Waals surface area contributed by atoms with Gasteiger partial charge in [-0.05, 0) is 82.2 Å². The predicted molar refractivity (Wildman–Crippen MR) is 158 cm³/mol. The van der Waals surface area contributed by atoms with Crippen molar-refractivity contribution in [1.29, 1.82) is 0 Å². The van der Waals surface area contributed by atoms with Crippen LogP contribution in [-0.4, -0.2) is 50.8 Å². The van der Waals surface area contributed by atoms with Gasteiger partial charge in [0.25, 0.3) is 0 Å². The Labute approximate surface area is 249 Å². The Morgan fingerprint density at radius 1 is 0.692 bits per heavy atom. The highest BCUT2D eigenvalue weighted by Gasteiger charge is 2.06. The Balaban J connectivity index is 0.000000150. The summed E-state index contributed by atoms with van der Waals surface area (Å²) in [5.41, 5.74) is 4.15. The van der Waals surface area contributed by atoms with E-state index in [1.165, 1.54) is 5.56 Å². The molecule has 6 aromatic rings. The van der Waals surface area contributed by atoms with E-state index in [1.54, 1.807) is 23.4 Å². The van der Waals surface area contributed by atoms with Gasteiger partial charge in [-0.15, -0.1) is 20.4 Å². The third-order valence-corrected chi connectivity index (χ3v) is 6.63. The summed E-state index contributed by atoms with van der Waals surface area (Å²) in [5, 5.41) is 26.9. The highest BCUT2D eigenvalue weighted by atomic mass is 79.9. The molecule has 196 valence electrons. The average Bonchev–Trinajstić information content (AvgIpc) is 3.69. The first kappa shape index (κ1) is 28.3. The van der Waals surface area contributed by atoms with Crippen LogP contribution in [0.2, 0.25) is 0 Å². The summed E-state index contributed by atoms with van der Waals surface area (Å²) in [4.78, 5) is 9.55. The van der Waals surface area contributed by atoms with Crippen LogP contribution in [0.25, 0.3) is 22.8 Å². The molecule has 0 aliphatic rings. The molecule has 0 radical (unpaired) electrons. The molecule has 1 N–H and O–H groups in total. The van der Waals surface area contributed by atoms with Crippen LogP contribution in [0.15, 0.2) is 107 Å². The summed E-state index contributed by atoms with van der Waals surface area (Å²) in [6, 6.07) is 23.4. The zero-order valence-electron chi connectivity index (χ0n) is 20.3. The average molecular weight is 713 g/mol. The van der Waals surface area contributed by atoms with Crippen LogP contribution in [0.3, 0.4) is 0 Å². The van der Waals surface area contributed by atoms with Gasteiger partial charge in [-0.1, -0.05) is 59.9 Å². The SMILES string of the molecule is BrCc1cccnc1.Brc1ccc(-c2nn[nH]n2)cc1.Brc1ccc(-c2nnn(Cc3cccnc3)n2)cc1. The summed E-state index contributed by atoms with van der Waals surface area (Å²) < 4.78 is 2.06. The third kappa shape index (κ3) is 9.23. The summed E-state index contributed by atoms with van der Waals surface area (Å²) in [7, 11) is 0. The van der Waals surface area contributed by atoms with Crippen molar-refractivity contribution in [1.82, 2.24) is 50.8 Å². The second-order valence-corrected chi connectivity index (χ2v) is 10.1. The lowest BCUT2D eigenvalue weighted by molar-refractivity contribution is 0.572. The van der Waals surface area contributed by atoms with Crippen LogP contribution in [0.1, 0.15) is 11.1 Å². The first-order valence-corrected chi connectivity index (χ1v) is 14.2. The standard InChI is InChI=1S/C13H10BrN5.C7H5BrN4.C6H6BrN/c14-12-5-3-11(4-6-12)13-16-18-19(17-13)9-10-2-1-7-15-8-10;8-6-3-1-5(2-4-6)7-9-11-12-10-7;7-4-6-2-1-3-8-5-6/h1-8H,9H2;1-4H,(H,9,10,11,12);1-3,5H,4H2. The monoisotopic (exact) mass is 710 g/mol. The number of aromatic amines is 1. The largest absolute Gasteiger partial charge is 0.264 e. The molecule has 0 bridgehead atoms. The maximum atomic E-state index is 4.36. The fourth-order valence-corrected chi connectivity index (χ4v) is 3.90. The lowest BCUT2D eigenvalue weighted by Crippen LogP contribution is -2.04. The Bertz CT molecular complexity index is 1510. The van der Waals surface area contributed by atoms with Crippen molar-refractivity contribution in [2.24, 2.45) is 0 Å². The Morgan fingerprint density at radius 3 is 1.77 bits per heavy atom. The normalized spacial score (nSPS) is 10.1. The fraction of sp³-hybridized carbons (Fsp3) is 0.0769. The molecule has 0 spiro atoms. The minimum atomic E-state index is 0.567. The Kier molecular flexibility index (Phi) is 10.9. The first-order chi connectivity index (χ1) is 19.1. The van der Waals surface area contributed by atoms with E-state index in [9.17, 15) is 0 Å². The van der Waals surface area contributed by atoms with Gasteiger partial charge in [0.15, 0.2) is 0 Å². The van der Waals surface area contributed by atoms with E-state index in [0.29, 0.717) is 18.2 Å². The minimum Gasteiger partial charge on any atom is -0.264 e. The number of rotatable bonds is 5. The number of nitrogens with one attached hydrogen (secondary N) is 1. The molecule has 2 aromatic carbocycles. The fourth-order valence-electron chi connectivity index (χ4n) is 3.04. The van der Waals surface area contributed by atoms with Gasteiger partial charge in [-0.25, -0.2) is 0 Å². The van der Waals surface area contributed by atoms with Crippen molar-refractivity contribution in [3.63, 3.8) is 0 Å². The highest BCUT2D eigenvalue weighted by Crippen LogP contribution is 2.18. The van der Waals surface area contributed by atoms with Crippen LogP contribution in [0.5, 0.6) is 0 Å². The van der Waals surface area contributed by atoms with E-state index in [0.717, 1.165) is 31.0 Å². The number of H-pyrrole nitrogens is 1. The molecule has 0 unspecified atom stereocenters. The van der Waals surface area contributed by atoms with Gasteiger partial charge >= 0.3 is 0 Å². The molecule has 39 heavy (non-hydrogen) atoms. The third-order valence-electron chi connectivity index (χ3n) is 4.93. The Morgan fingerprint density at radius 2 is 1.28 bits per heavy atom. The number of nitrogens with zero attached hydrogens (tertiary/aromatic N) is 9. The lowest BCUT2D eigenvalue weighted by Gasteiger charge is -1.97. The first-order valence-electron chi connectivity index (χ1n) is 11.5. The smallest absolute Gasteiger partial charge is 0.204 e. The van der Waals surface area contributed by atoms with Crippen molar-refractivity contribution in [3.05, 3.63) is 118 Å². The summed E-state index contributed by atoms with van der Waals surface area (Å²) in [6.45, 7) is 0.567. The van der Waals surface area contributed by atoms with E-state index in [4.69, 9.17) is 0 Å². The molecular weight excluding hydrogens is 692 g/mol. The predicted octanol–water partition coefficient (Wildman–Crippen LogP) is 6.15. The van der Waals surface area contributed by atoms with Crippen molar-refractivity contribution in [2.75, 3.05) is 0 Å². The second kappa shape index (κ2) is 15.0. The molecule has 13 heteroatoms. The number of alkyl halides is 1. The number of hydrogen-bond donors (Lipinski definition) is 1. The van der Waals surface area contributed by atoms with Crippen molar-refractivity contribution < 1.29 is 0 Å². The van der Waals surface area contributed by atoms with Crippen molar-refractivity contribution in [3.8, 4) is 22.8 Å². The van der Waals surface area contributed by atoms with Gasteiger partial charge in [-0.2, -0.15) is 10.0 Å². The molecule has 4 aromatic heterocycles. The van der Waals surface area contributed by atoms with Crippen LogP contribution in [-0.2, 0) is 11.9 Å². The summed E-state index contributed by atoms with van der Waals surface area (Å²) in [5.74, 6) is 1.24. The van der Waals surface area contributed by atoms with E-state index in [-0.39, 0.29) is 0 Å². The maximum Gasteiger partial charge on any atom is 0.204 e. The summed E-state index contributed by atoms with van der Waals surface area (Å²) in [6.07, 6.45) is 7.15. The minimum absolute atomic E-state index is 0.567. The molecule has 0 fully saturated rings. The molecule has 0 saturated carbocycles. The molecule has 0 aliphatic heterocycles. The van der Waals surface area contributed by atoms with E-state index < -0.39 is 0 Å². The van der Waals surface area contributed by atoms with Crippen molar-refractivity contribution in [2.45, 2.75) is 11.9 Å². The lowest BCUT2D eigenvalue weighted by atomic mass is 10.2. The van der Waals surface area contributed by atoms with E-state index in [1.807, 2.05) is 79.0 Å². The van der Waals surface area contributed by atoms with Gasteiger partial charge in [0.05, 0.1) is 6.54 Å².